The molecule has 0 spiro atoms. The van der Waals surface area contributed by atoms with Gasteiger partial charge in [-0.05, 0) is 23.3 Å². The molecule has 0 amide bonds. The predicted molar refractivity (Wildman–Crippen MR) is 67.4 cm³/mol. The van der Waals surface area contributed by atoms with Crippen molar-refractivity contribution in [2.75, 3.05) is 0 Å². The summed E-state index contributed by atoms with van der Waals surface area (Å²) in [4.78, 5) is 0. The predicted octanol–water partition coefficient (Wildman–Crippen LogP) is 2.88. The van der Waals surface area contributed by atoms with Crippen LogP contribution < -0.4 is 4.65 Å². The third kappa shape index (κ3) is 3.23. The summed E-state index contributed by atoms with van der Waals surface area (Å²) in [5.74, 6) is 0.486. The standard InChI is InChI=1S/C12H10BClO3/c14-17-13(15)16-12-8-4-7-11(9-12)10-5-2-1-3-6-10/h1-9,15H. The molecule has 5 heteroatoms. The lowest BCUT2D eigenvalue weighted by Gasteiger charge is -2.08. The van der Waals surface area contributed by atoms with Gasteiger partial charge in [0.05, 0.1) is 0 Å². The van der Waals surface area contributed by atoms with Crippen LogP contribution in [-0.2, 0) is 4.21 Å². The summed E-state index contributed by atoms with van der Waals surface area (Å²) in [6.45, 7) is 0. The van der Waals surface area contributed by atoms with Gasteiger partial charge in [-0.15, -0.1) is 0 Å². The summed E-state index contributed by atoms with van der Waals surface area (Å²) in [5.41, 5.74) is 2.06. The maximum atomic E-state index is 9.10. The molecular formula is C12H10BClO3. The molecule has 0 fully saturated rings. The van der Waals surface area contributed by atoms with Crippen molar-refractivity contribution in [2.45, 2.75) is 0 Å². The molecular weight excluding hydrogens is 238 g/mol. The maximum absolute atomic E-state index is 9.10. The highest BCUT2D eigenvalue weighted by Gasteiger charge is 2.17. The lowest BCUT2D eigenvalue weighted by atomic mass is 10.1. The van der Waals surface area contributed by atoms with E-state index in [2.05, 4.69) is 4.21 Å². The third-order valence-corrected chi connectivity index (χ3v) is 2.41. The average Bonchev–Trinajstić information content (AvgIpc) is 2.40. The molecule has 0 aromatic heterocycles. The molecule has 0 bridgehead atoms. The first-order valence-corrected chi connectivity index (χ1v) is 5.38. The van der Waals surface area contributed by atoms with Crippen LogP contribution in [0, 0.1) is 0 Å². The van der Waals surface area contributed by atoms with Crippen LogP contribution in [0.3, 0.4) is 0 Å². The molecule has 0 aliphatic carbocycles. The van der Waals surface area contributed by atoms with Gasteiger partial charge in [0.2, 0.25) is 0 Å². The zero-order valence-corrected chi connectivity index (χ0v) is 9.67. The van der Waals surface area contributed by atoms with Crippen molar-refractivity contribution >= 4 is 19.2 Å². The Morgan fingerprint density at radius 2 is 1.65 bits per heavy atom. The molecule has 0 saturated heterocycles. The summed E-state index contributed by atoms with van der Waals surface area (Å²) in [5, 5.41) is 9.10. The fourth-order valence-electron chi connectivity index (χ4n) is 1.51. The van der Waals surface area contributed by atoms with Gasteiger partial charge in [0.25, 0.3) is 0 Å². The Bertz CT molecular complexity index is 478. The normalized spacial score (nSPS) is 10.0. The molecule has 2 aromatic rings. The first kappa shape index (κ1) is 12.0. The highest BCUT2D eigenvalue weighted by Crippen LogP contribution is 2.23. The van der Waals surface area contributed by atoms with Crippen LogP contribution in [0.15, 0.2) is 54.6 Å². The van der Waals surface area contributed by atoms with Crippen molar-refractivity contribution in [2.24, 2.45) is 0 Å². The highest BCUT2D eigenvalue weighted by atomic mass is 35.5. The molecule has 0 atom stereocenters. The molecule has 0 radical (unpaired) electrons. The largest absolute Gasteiger partial charge is 0.727 e. The van der Waals surface area contributed by atoms with Crippen LogP contribution in [0.1, 0.15) is 0 Å². The third-order valence-electron chi connectivity index (χ3n) is 2.25. The van der Waals surface area contributed by atoms with Gasteiger partial charge in [-0.2, -0.15) is 0 Å². The lowest BCUT2D eigenvalue weighted by molar-refractivity contribution is 0.310. The highest BCUT2D eigenvalue weighted by molar-refractivity contribution is 6.42. The van der Waals surface area contributed by atoms with Gasteiger partial charge in [-0.25, -0.2) is 0 Å². The van der Waals surface area contributed by atoms with E-state index in [1.807, 2.05) is 42.5 Å². The Labute approximate surface area is 105 Å². The van der Waals surface area contributed by atoms with Crippen molar-refractivity contribution in [1.82, 2.24) is 0 Å². The van der Waals surface area contributed by atoms with E-state index in [4.69, 9.17) is 21.5 Å². The molecule has 17 heavy (non-hydrogen) atoms. The van der Waals surface area contributed by atoms with Crippen molar-refractivity contribution < 1.29 is 13.9 Å². The summed E-state index contributed by atoms with van der Waals surface area (Å²) in [6.07, 6.45) is 0. The fraction of sp³-hybridized carbons (Fsp3) is 0. The van der Waals surface area contributed by atoms with E-state index in [0.717, 1.165) is 11.1 Å². The molecule has 86 valence electrons. The second-order valence-corrected chi connectivity index (χ2v) is 3.59. The van der Waals surface area contributed by atoms with E-state index in [-0.39, 0.29) is 0 Å². The second kappa shape index (κ2) is 5.73. The van der Waals surface area contributed by atoms with E-state index in [9.17, 15) is 0 Å². The van der Waals surface area contributed by atoms with Gasteiger partial charge in [-0.3, -0.25) is 4.21 Å². The lowest BCUT2D eigenvalue weighted by Crippen LogP contribution is -2.21. The minimum absolute atomic E-state index is 0.486. The van der Waals surface area contributed by atoms with Gasteiger partial charge < -0.3 is 9.68 Å². The van der Waals surface area contributed by atoms with Gasteiger partial charge in [-0.1, -0.05) is 42.5 Å². The minimum atomic E-state index is -1.47. The Hall–Kier alpha value is -1.49. The molecule has 0 aliphatic rings. The maximum Gasteiger partial charge on any atom is 0.727 e. The van der Waals surface area contributed by atoms with Gasteiger partial charge in [0.1, 0.15) is 5.75 Å². The van der Waals surface area contributed by atoms with Gasteiger partial charge >= 0.3 is 7.32 Å². The first-order valence-electron chi connectivity index (χ1n) is 5.07. The summed E-state index contributed by atoms with van der Waals surface area (Å²) < 4.78 is 9.13. The molecule has 0 saturated carbocycles. The zero-order valence-electron chi connectivity index (χ0n) is 8.92. The Morgan fingerprint density at radius 1 is 0.941 bits per heavy atom. The number of halogens is 1. The Balaban J connectivity index is 2.23. The van der Waals surface area contributed by atoms with E-state index in [0.29, 0.717) is 5.75 Å². The fourth-order valence-corrected chi connectivity index (χ4v) is 1.55. The van der Waals surface area contributed by atoms with E-state index < -0.39 is 7.32 Å². The number of hydrogen-bond acceptors (Lipinski definition) is 3. The smallest absolute Gasteiger partial charge is 0.511 e. The zero-order chi connectivity index (χ0) is 12.1. The van der Waals surface area contributed by atoms with Crippen LogP contribution in [0.25, 0.3) is 11.1 Å². The molecule has 0 heterocycles. The van der Waals surface area contributed by atoms with Crippen molar-refractivity contribution in [1.29, 1.82) is 0 Å². The first-order chi connectivity index (χ1) is 8.29. The molecule has 1 N–H and O–H groups in total. The molecule has 2 aromatic carbocycles. The van der Waals surface area contributed by atoms with Crippen molar-refractivity contribution in [3.63, 3.8) is 0 Å². The molecule has 0 aliphatic heterocycles. The van der Waals surface area contributed by atoms with E-state index in [1.165, 1.54) is 0 Å². The van der Waals surface area contributed by atoms with Crippen LogP contribution in [0.5, 0.6) is 5.75 Å². The quantitative estimate of drug-likeness (QED) is 0.846. The van der Waals surface area contributed by atoms with Crippen molar-refractivity contribution in [3.8, 4) is 16.9 Å². The molecule has 3 nitrogen and oxygen atoms in total. The molecule has 2 rings (SSSR count). The topological polar surface area (TPSA) is 38.7 Å². The van der Waals surface area contributed by atoms with E-state index >= 15 is 0 Å². The number of hydrogen-bond donors (Lipinski definition) is 1. The summed E-state index contributed by atoms with van der Waals surface area (Å²) in [7, 11) is -1.47. The average molecular weight is 248 g/mol. The monoisotopic (exact) mass is 248 g/mol. The Kier molecular flexibility index (Phi) is 4.04. The van der Waals surface area contributed by atoms with Crippen LogP contribution in [0.2, 0.25) is 0 Å². The summed E-state index contributed by atoms with van der Waals surface area (Å²) in [6, 6.07) is 17.2. The van der Waals surface area contributed by atoms with Crippen molar-refractivity contribution in [3.05, 3.63) is 54.6 Å². The van der Waals surface area contributed by atoms with Crippen LogP contribution in [-0.4, -0.2) is 12.3 Å². The Morgan fingerprint density at radius 3 is 2.35 bits per heavy atom. The van der Waals surface area contributed by atoms with Crippen LogP contribution in [0.4, 0.5) is 0 Å². The minimum Gasteiger partial charge on any atom is -0.511 e. The van der Waals surface area contributed by atoms with Gasteiger partial charge in [0.15, 0.2) is 0 Å². The number of rotatable bonds is 4. The summed E-state index contributed by atoms with van der Waals surface area (Å²) >= 11 is 4.98. The SMILES string of the molecule is OB(OCl)Oc1cccc(-c2ccccc2)c1. The van der Waals surface area contributed by atoms with Gasteiger partial charge in [0, 0.05) is 11.9 Å². The number of benzene rings is 2. The second-order valence-electron chi connectivity index (χ2n) is 3.41. The van der Waals surface area contributed by atoms with E-state index in [1.54, 1.807) is 12.1 Å². The molecule has 0 unspecified atom stereocenters. The van der Waals surface area contributed by atoms with Crippen LogP contribution >= 0.6 is 11.9 Å².